The van der Waals surface area contributed by atoms with Crippen molar-refractivity contribution in [2.24, 2.45) is 5.73 Å². The summed E-state index contributed by atoms with van der Waals surface area (Å²) >= 11 is 0. The fourth-order valence-electron chi connectivity index (χ4n) is 3.02. The first-order valence-corrected chi connectivity index (χ1v) is 8.67. The van der Waals surface area contributed by atoms with Crippen LogP contribution in [0, 0.1) is 0 Å². The second kappa shape index (κ2) is 6.99. The number of quaternary nitrogens is 1. The van der Waals surface area contributed by atoms with Gasteiger partial charge in [-0.15, -0.1) is 4.68 Å². The maximum absolute atomic E-state index is 12.7. The Balaban J connectivity index is 1.93. The lowest BCUT2D eigenvalue weighted by molar-refractivity contribution is -0.137. The number of amides is 1. The Bertz CT molecular complexity index is 1120. The first-order valence-electron chi connectivity index (χ1n) is 8.67. The van der Waals surface area contributed by atoms with Crippen molar-refractivity contribution in [3.8, 4) is 0 Å². The summed E-state index contributed by atoms with van der Waals surface area (Å²) in [6.07, 6.45) is -2.25. The van der Waals surface area contributed by atoms with Crippen molar-refractivity contribution in [2.45, 2.75) is 19.0 Å². The van der Waals surface area contributed by atoms with Gasteiger partial charge >= 0.3 is 17.9 Å². The van der Waals surface area contributed by atoms with E-state index in [9.17, 15) is 22.8 Å². The second-order valence-corrected chi connectivity index (χ2v) is 7.40. The van der Waals surface area contributed by atoms with Crippen LogP contribution in [0.1, 0.15) is 17.0 Å². The molecule has 2 aromatic heterocycles. The number of aryl methyl sites for hydroxylation is 2. The molecular formula is C18H20F3N6O2+. The molecule has 0 saturated heterocycles. The molecule has 0 aliphatic carbocycles. The van der Waals surface area contributed by atoms with Crippen LogP contribution in [0.4, 0.5) is 18.0 Å². The minimum atomic E-state index is -4.39. The van der Waals surface area contributed by atoms with Crippen molar-refractivity contribution < 1.29 is 18.0 Å². The number of hydrogen-bond donors (Lipinski definition) is 1. The van der Waals surface area contributed by atoms with E-state index in [0.29, 0.717) is 29.7 Å². The zero-order valence-corrected chi connectivity index (χ0v) is 16.1. The third-order valence-electron chi connectivity index (χ3n) is 4.35. The molecule has 29 heavy (non-hydrogen) atoms. The van der Waals surface area contributed by atoms with Gasteiger partial charge < -0.3 is 5.73 Å². The monoisotopic (exact) mass is 409 g/mol. The number of imidazole rings is 1. The molecule has 0 saturated carbocycles. The first-order chi connectivity index (χ1) is 13.4. The quantitative estimate of drug-likeness (QED) is 0.663. The molecule has 8 nitrogen and oxygen atoms in total. The van der Waals surface area contributed by atoms with Crippen molar-refractivity contribution >= 4 is 17.2 Å². The highest BCUT2D eigenvalue weighted by Gasteiger charge is 2.30. The van der Waals surface area contributed by atoms with Crippen LogP contribution in [-0.2, 0) is 19.0 Å². The Morgan fingerprint density at radius 2 is 1.76 bits per heavy atom. The van der Waals surface area contributed by atoms with Crippen LogP contribution in [-0.4, -0.2) is 46.4 Å². The van der Waals surface area contributed by atoms with Crippen LogP contribution in [0.5, 0.6) is 0 Å². The maximum atomic E-state index is 12.7. The fraction of sp³-hybridized carbons (Fsp3) is 0.333. The lowest BCUT2D eigenvalue weighted by atomic mass is 10.1. The number of nitrogens with two attached hydrogens (primary N) is 1. The molecule has 0 aliphatic heterocycles. The minimum Gasteiger partial charge on any atom is -0.351 e. The van der Waals surface area contributed by atoms with Gasteiger partial charge in [0.1, 0.15) is 5.82 Å². The zero-order valence-electron chi connectivity index (χ0n) is 16.1. The normalized spacial score (nSPS) is 12.5. The molecule has 0 radical (unpaired) electrons. The molecule has 3 aromatic rings. The number of alkyl halides is 3. The molecular weight excluding hydrogens is 389 g/mol. The van der Waals surface area contributed by atoms with Crippen LogP contribution in [0.25, 0.3) is 11.2 Å². The minimum absolute atomic E-state index is 0.0733. The van der Waals surface area contributed by atoms with Crippen LogP contribution >= 0.6 is 0 Å². The summed E-state index contributed by atoms with van der Waals surface area (Å²) in [4.78, 5) is 33.0. The van der Waals surface area contributed by atoms with E-state index >= 15 is 0 Å². The second-order valence-electron chi connectivity index (χ2n) is 7.40. The summed E-state index contributed by atoms with van der Waals surface area (Å²) in [7, 11) is 5.22. The number of aromatic nitrogens is 4. The number of nitrogens with zero attached hydrogens (tertiary/aromatic N) is 5. The molecule has 0 bridgehead atoms. The Morgan fingerprint density at radius 3 is 2.28 bits per heavy atom. The molecule has 154 valence electrons. The number of hydrogen-bond acceptors (Lipinski definition) is 4. The van der Waals surface area contributed by atoms with E-state index in [2.05, 4.69) is 9.97 Å². The Hall–Kier alpha value is -3.21. The van der Waals surface area contributed by atoms with Gasteiger partial charge in [0.05, 0.1) is 32.9 Å². The van der Waals surface area contributed by atoms with Gasteiger partial charge in [0, 0.05) is 6.42 Å². The molecule has 0 unspecified atom stereocenters. The van der Waals surface area contributed by atoms with Crippen molar-refractivity contribution in [2.75, 3.05) is 21.1 Å². The summed E-state index contributed by atoms with van der Waals surface area (Å²) in [6, 6.07) is 3.87. The van der Waals surface area contributed by atoms with Crippen molar-refractivity contribution in [1.82, 2.24) is 23.8 Å². The summed E-state index contributed by atoms with van der Waals surface area (Å²) in [6.45, 7) is 0. The molecule has 2 heterocycles. The molecule has 0 spiro atoms. The van der Waals surface area contributed by atoms with Crippen LogP contribution in [0.2, 0.25) is 0 Å². The Labute approximate surface area is 163 Å². The summed E-state index contributed by atoms with van der Waals surface area (Å²) in [5.41, 5.74) is 5.12. The van der Waals surface area contributed by atoms with Crippen LogP contribution in [0.3, 0.4) is 0 Å². The summed E-state index contributed by atoms with van der Waals surface area (Å²) in [5.74, 6) is 0.339. The van der Waals surface area contributed by atoms with Gasteiger partial charge in [-0.1, -0.05) is 12.1 Å². The molecule has 11 heteroatoms. The van der Waals surface area contributed by atoms with Gasteiger partial charge in [-0.25, -0.2) is 24.1 Å². The number of fused-ring (bicyclic) bond motifs is 1. The number of halogens is 3. The molecule has 0 aliphatic rings. The average Bonchev–Trinajstić information content (AvgIpc) is 2.90. The number of benzene rings is 1. The lowest BCUT2D eigenvalue weighted by Gasteiger charge is -2.23. The highest BCUT2D eigenvalue weighted by molar-refractivity contribution is 5.86. The van der Waals surface area contributed by atoms with E-state index < -0.39 is 23.5 Å². The van der Waals surface area contributed by atoms with Gasteiger partial charge in [-0.05, 0) is 24.1 Å². The third kappa shape index (κ3) is 3.99. The lowest BCUT2D eigenvalue weighted by Crippen LogP contribution is -2.53. The number of rotatable bonds is 4. The van der Waals surface area contributed by atoms with Crippen molar-refractivity contribution in [3.05, 3.63) is 57.9 Å². The smallest absolute Gasteiger partial charge is 0.351 e. The van der Waals surface area contributed by atoms with Crippen molar-refractivity contribution in [3.63, 3.8) is 0 Å². The predicted molar refractivity (Wildman–Crippen MR) is 101 cm³/mol. The molecule has 2 N–H and O–H groups in total. The van der Waals surface area contributed by atoms with Crippen LogP contribution < -0.4 is 16.0 Å². The topological polar surface area (TPSA) is 95.8 Å². The van der Waals surface area contributed by atoms with Gasteiger partial charge in [-0.3, -0.25) is 0 Å². The van der Waals surface area contributed by atoms with E-state index in [-0.39, 0.29) is 10.2 Å². The number of primary amides is 1. The standard InChI is InChI=1S/C18H19F3N6O2/c1-27(2,3)26-13-10-23-14(24-15(13)25(16(22)28)17(26)29)9-6-11-4-7-12(8-5-11)18(19,20)21/h4-5,7-8,10H,6,9H2,1-3H3,(H-,22,28)/p+1. The summed E-state index contributed by atoms with van der Waals surface area (Å²) in [5, 5.41) is 0. The van der Waals surface area contributed by atoms with Gasteiger partial charge in [-0.2, -0.15) is 17.7 Å². The zero-order chi connectivity index (χ0) is 21.6. The summed E-state index contributed by atoms with van der Waals surface area (Å²) < 4.78 is 40.1. The number of carbonyl (C=O) groups is 1. The molecule has 3 rings (SSSR count). The maximum Gasteiger partial charge on any atom is 0.416 e. The predicted octanol–water partition coefficient (Wildman–Crippen LogP) is 1.65. The Morgan fingerprint density at radius 1 is 1.14 bits per heavy atom. The van der Waals surface area contributed by atoms with E-state index in [4.69, 9.17) is 5.73 Å². The molecule has 0 atom stereocenters. The van der Waals surface area contributed by atoms with E-state index in [0.717, 1.165) is 16.7 Å². The molecule has 0 fully saturated rings. The van der Waals surface area contributed by atoms with Crippen LogP contribution in [0.15, 0.2) is 35.3 Å². The van der Waals surface area contributed by atoms with E-state index in [1.165, 1.54) is 23.0 Å². The highest BCUT2D eigenvalue weighted by atomic mass is 19.4. The fourth-order valence-corrected chi connectivity index (χ4v) is 3.02. The highest BCUT2D eigenvalue weighted by Crippen LogP contribution is 2.29. The first kappa shape index (κ1) is 20.5. The van der Waals surface area contributed by atoms with Gasteiger partial charge in [0.2, 0.25) is 0 Å². The largest absolute Gasteiger partial charge is 0.416 e. The third-order valence-corrected chi connectivity index (χ3v) is 4.35. The number of carbonyl (C=O) groups excluding carboxylic acids is 1. The molecule has 1 aromatic carbocycles. The van der Waals surface area contributed by atoms with E-state index in [1.54, 1.807) is 21.1 Å². The van der Waals surface area contributed by atoms with E-state index in [1.807, 2.05) is 0 Å². The van der Waals surface area contributed by atoms with Gasteiger partial charge in [0.25, 0.3) is 0 Å². The Kier molecular flexibility index (Phi) is 4.95. The average molecular weight is 409 g/mol. The SMILES string of the molecule is C[N+](C)(C)n1c(=O)n(C(N)=O)c2nc(CCc3ccc(C(F)(F)F)cc3)ncc21. The molecule has 1 amide bonds. The van der Waals surface area contributed by atoms with Gasteiger partial charge in [0.15, 0.2) is 11.2 Å². The van der Waals surface area contributed by atoms with Crippen molar-refractivity contribution in [1.29, 1.82) is 0 Å².